The molecule has 0 fully saturated rings. The van der Waals surface area contributed by atoms with Gasteiger partial charge in [-0.05, 0) is 24.1 Å². The molecule has 4 nitrogen and oxygen atoms in total. The number of rotatable bonds is 6. The number of carbonyl (C=O) groups excluding carboxylic acids is 2. The summed E-state index contributed by atoms with van der Waals surface area (Å²) >= 11 is 0. The molecule has 0 unspecified atom stereocenters. The molecule has 0 aliphatic heterocycles. The lowest BCUT2D eigenvalue weighted by Gasteiger charge is -2.07. The molecule has 1 aromatic carbocycles. The predicted octanol–water partition coefficient (Wildman–Crippen LogP) is 2.45. The van der Waals surface area contributed by atoms with Gasteiger partial charge >= 0.3 is 0 Å². The summed E-state index contributed by atoms with van der Waals surface area (Å²) in [5.74, 6) is -0.0269. The average Bonchev–Trinajstić information content (AvgIpc) is 2.33. The van der Waals surface area contributed by atoms with E-state index in [1.807, 2.05) is 24.3 Å². The second-order valence-electron chi connectivity index (χ2n) is 4.26. The van der Waals surface area contributed by atoms with Gasteiger partial charge in [0.2, 0.25) is 11.8 Å². The van der Waals surface area contributed by atoms with Crippen LogP contribution in [0, 0.1) is 0 Å². The van der Waals surface area contributed by atoms with Crippen molar-refractivity contribution in [2.75, 3.05) is 5.32 Å². The van der Waals surface area contributed by atoms with Crippen molar-refractivity contribution >= 4 is 17.5 Å². The average molecular weight is 248 g/mol. The number of benzene rings is 1. The van der Waals surface area contributed by atoms with Crippen molar-refractivity contribution in [3.63, 3.8) is 0 Å². The van der Waals surface area contributed by atoms with Crippen LogP contribution < -0.4 is 10.6 Å². The second kappa shape index (κ2) is 7.48. The number of carbonyl (C=O) groups is 2. The summed E-state index contributed by atoms with van der Waals surface area (Å²) in [5.41, 5.74) is 1.73. The van der Waals surface area contributed by atoms with Gasteiger partial charge in [0.15, 0.2) is 0 Å². The van der Waals surface area contributed by atoms with Crippen molar-refractivity contribution in [3.05, 3.63) is 29.8 Å². The summed E-state index contributed by atoms with van der Waals surface area (Å²) in [6.07, 6.45) is 2.51. The summed E-state index contributed by atoms with van der Waals surface area (Å²) in [6, 6.07) is 7.47. The van der Waals surface area contributed by atoms with Crippen LogP contribution in [0.4, 0.5) is 5.69 Å². The SMILES string of the molecule is CCCCC(=O)NCc1cccc(NC(C)=O)c1. The van der Waals surface area contributed by atoms with E-state index in [0.717, 1.165) is 24.1 Å². The maximum Gasteiger partial charge on any atom is 0.221 e. The molecule has 0 bridgehead atoms. The van der Waals surface area contributed by atoms with Crippen LogP contribution in [0.5, 0.6) is 0 Å². The Balaban J connectivity index is 2.47. The van der Waals surface area contributed by atoms with Crippen molar-refractivity contribution < 1.29 is 9.59 Å². The zero-order valence-corrected chi connectivity index (χ0v) is 11.0. The maximum atomic E-state index is 11.5. The quantitative estimate of drug-likeness (QED) is 0.812. The minimum absolute atomic E-state index is 0.0711. The van der Waals surface area contributed by atoms with E-state index < -0.39 is 0 Å². The van der Waals surface area contributed by atoms with Crippen molar-refractivity contribution in [2.24, 2.45) is 0 Å². The molecule has 4 heteroatoms. The molecule has 0 aromatic heterocycles. The van der Waals surface area contributed by atoms with E-state index in [2.05, 4.69) is 17.6 Å². The first-order valence-electron chi connectivity index (χ1n) is 6.25. The van der Waals surface area contributed by atoms with Gasteiger partial charge in [0.25, 0.3) is 0 Å². The minimum atomic E-state index is -0.0980. The summed E-state index contributed by atoms with van der Waals surface area (Å²) in [6.45, 7) is 4.03. The highest BCUT2D eigenvalue weighted by Crippen LogP contribution is 2.10. The Morgan fingerprint density at radius 1 is 1.28 bits per heavy atom. The Morgan fingerprint density at radius 2 is 2.06 bits per heavy atom. The Labute approximate surface area is 108 Å². The highest BCUT2D eigenvalue weighted by atomic mass is 16.2. The number of hydrogen-bond donors (Lipinski definition) is 2. The number of anilines is 1. The molecule has 0 spiro atoms. The smallest absolute Gasteiger partial charge is 0.221 e. The molecule has 18 heavy (non-hydrogen) atoms. The van der Waals surface area contributed by atoms with E-state index in [1.165, 1.54) is 6.92 Å². The fraction of sp³-hybridized carbons (Fsp3) is 0.429. The molecule has 0 aliphatic carbocycles. The van der Waals surface area contributed by atoms with Crippen LogP contribution in [0.15, 0.2) is 24.3 Å². The van der Waals surface area contributed by atoms with Crippen LogP contribution >= 0.6 is 0 Å². The van der Waals surface area contributed by atoms with Crippen LogP contribution in [-0.4, -0.2) is 11.8 Å². The van der Waals surface area contributed by atoms with Gasteiger partial charge in [0, 0.05) is 25.6 Å². The first-order valence-corrected chi connectivity index (χ1v) is 6.25. The third-order valence-corrected chi connectivity index (χ3v) is 2.49. The third-order valence-electron chi connectivity index (χ3n) is 2.49. The van der Waals surface area contributed by atoms with Crippen LogP contribution in [0.2, 0.25) is 0 Å². The molecule has 1 rings (SSSR count). The highest BCUT2D eigenvalue weighted by Gasteiger charge is 2.01. The standard InChI is InChI=1S/C14H20N2O2/c1-3-4-8-14(18)15-10-12-6-5-7-13(9-12)16-11(2)17/h5-7,9H,3-4,8,10H2,1-2H3,(H,15,18)(H,16,17). The maximum absolute atomic E-state index is 11.5. The van der Waals surface area contributed by atoms with E-state index in [4.69, 9.17) is 0 Å². The van der Waals surface area contributed by atoms with E-state index in [1.54, 1.807) is 0 Å². The summed E-state index contributed by atoms with van der Waals surface area (Å²) < 4.78 is 0. The number of amides is 2. The Kier molecular flexibility index (Phi) is 5.91. The predicted molar refractivity (Wildman–Crippen MR) is 72.1 cm³/mol. The molecule has 0 saturated heterocycles. The monoisotopic (exact) mass is 248 g/mol. The molecule has 0 radical (unpaired) electrons. The molecular weight excluding hydrogens is 228 g/mol. The molecule has 0 saturated carbocycles. The van der Waals surface area contributed by atoms with Crippen molar-refractivity contribution in [1.29, 1.82) is 0 Å². The van der Waals surface area contributed by atoms with E-state index in [0.29, 0.717) is 13.0 Å². The second-order valence-corrected chi connectivity index (χ2v) is 4.26. The summed E-state index contributed by atoms with van der Waals surface area (Å²) in [4.78, 5) is 22.4. The molecule has 0 heterocycles. The Bertz CT molecular complexity index is 416. The summed E-state index contributed by atoms with van der Waals surface area (Å²) in [5, 5.41) is 5.58. The lowest BCUT2D eigenvalue weighted by Crippen LogP contribution is -2.22. The molecule has 2 amide bonds. The van der Waals surface area contributed by atoms with Gasteiger partial charge in [-0.25, -0.2) is 0 Å². The van der Waals surface area contributed by atoms with Crippen LogP contribution in [0.1, 0.15) is 38.7 Å². The third kappa shape index (κ3) is 5.48. The van der Waals surface area contributed by atoms with Crippen LogP contribution in [0.25, 0.3) is 0 Å². The van der Waals surface area contributed by atoms with Crippen LogP contribution in [0.3, 0.4) is 0 Å². The van der Waals surface area contributed by atoms with E-state index >= 15 is 0 Å². The lowest BCUT2D eigenvalue weighted by atomic mass is 10.2. The van der Waals surface area contributed by atoms with E-state index in [9.17, 15) is 9.59 Å². The van der Waals surface area contributed by atoms with Gasteiger partial charge in [-0.2, -0.15) is 0 Å². The van der Waals surface area contributed by atoms with Gasteiger partial charge in [-0.3, -0.25) is 9.59 Å². The van der Waals surface area contributed by atoms with Crippen molar-refractivity contribution in [1.82, 2.24) is 5.32 Å². The molecule has 2 N–H and O–H groups in total. The largest absolute Gasteiger partial charge is 0.352 e. The molecule has 0 aliphatic rings. The van der Waals surface area contributed by atoms with Gasteiger partial charge in [0.1, 0.15) is 0 Å². The first kappa shape index (κ1) is 14.2. The zero-order valence-electron chi connectivity index (χ0n) is 11.0. The topological polar surface area (TPSA) is 58.2 Å². The fourth-order valence-electron chi connectivity index (χ4n) is 1.59. The summed E-state index contributed by atoms with van der Waals surface area (Å²) in [7, 11) is 0. The van der Waals surface area contributed by atoms with Gasteiger partial charge < -0.3 is 10.6 Å². The molecule has 98 valence electrons. The van der Waals surface area contributed by atoms with Gasteiger partial charge in [0.05, 0.1) is 0 Å². The van der Waals surface area contributed by atoms with Gasteiger partial charge in [-0.1, -0.05) is 25.5 Å². The molecule has 0 atom stereocenters. The van der Waals surface area contributed by atoms with Gasteiger partial charge in [-0.15, -0.1) is 0 Å². The van der Waals surface area contributed by atoms with Crippen molar-refractivity contribution in [2.45, 2.75) is 39.7 Å². The molecular formula is C14H20N2O2. The lowest BCUT2D eigenvalue weighted by molar-refractivity contribution is -0.121. The fourth-order valence-corrected chi connectivity index (χ4v) is 1.59. The highest BCUT2D eigenvalue weighted by molar-refractivity contribution is 5.88. The van der Waals surface area contributed by atoms with Crippen molar-refractivity contribution in [3.8, 4) is 0 Å². The number of nitrogens with one attached hydrogen (secondary N) is 2. The number of hydrogen-bond acceptors (Lipinski definition) is 2. The minimum Gasteiger partial charge on any atom is -0.352 e. The zero-order chi connectivity index (χ0) is 13.4. The first-order chi connectivity index (χ1) is 8.61. The number of unbranched alkanes of at least 4 members (excludes halogenated alkanes) is 1. The van der Waals surface area contributed by atoms with Crippen LogP contribution in [-0.2, 0) is 16.1 Å². The molecule has 1 aromatic rings. The Hall–Kier alpha value is -1.84. The normalized spacial score (nSPS) is 9.89. The Morgan fingerprint density at radius 3 is 2.72 bits per heavy atom. The van der Waals surface area contributed by atoms with E-state index in [-0.39, 0.29) is 11.8 Å².